The van der Waals surface area contributed by atoms with Crippen molar-refractivity contribution in [2.75, 3.05) is 6.61 Å². The van der Waals surface area contributed by atoms with Crippen LogP contribution in [0.2, 0.25) is 0 Å². The fourth-order valence-electron chi connectivity index (χ4n) is 1.95. The highest BCUT2D eigenvalue weighted by Crippen LogP contribution is 2.19. The van der Waals surface area contributed by atoms with Gasteiger partial charge in [0.05, 0.1) is 10.6 Å². The topological polar surface area (TPSA) is 93.8 Å². The molecule has 1 N–H and O–H groups in total. The number of nitrogens with zero attached hydrogens (tertiary/aromatic N) is 2. The van der Waals surface area contributed by atoms with Crippen molar-refractivity contribution >= 4 is 33.2 Å². The third-order valence-corrected chi connectivity index (χ3v) is 3.88. The van der Waals surface area contributed by atoms with Crippen LogP contribution in [-0.2, 0) is 4.79 Å². The molecule has 0 aliphatic rings. The minimum atomic E-state index is -0.448. The fourth-order valence-corrected chi connectivity index (χ4v) is 2.22. The molecule has 2 rings (SSSR count). The van der Waals surface area contributed by atoms with E-state index in [4.69, 9.17) is 4.74 Å². The van der Waals surface area contributed by atoms with Gasteiger partial charge >= 0.3 is 0 Å². The van der Waals surface area contributed by atoms with Gasteiger partial charge in [0.2, 0.25) is 0 Å². The van der Waals surface area contributed by atoms with Crippen LogP contribution in [0.15, 0.2) is 52.0 Å². The number of nitro benzene ring substituents is 1. The lowest BCUT2D eigenvalue weighted by Crippen LogP contribution is -2.25. The SMILES string of the molecule is C/C(=N/NC(=O)COc1ccc(Br)cc1)c1ccc(C)c([N+](=O)[O-])c1. The second kappa shape index (κ2) is 8.39. The fraction of sp³-hybridized carbons (Fsp3) is 0.176. The maximum absolute atomic E-state index is 11.8. The van der Waals surface area contributed by atoms with Gasteiger partial charge in [0, 0.05) is 21.7 Å². The first-order valence-corrected chi connectivity index (χ1v) is 8.13. The monoisotopic (exact) mass is 405 g/mol. The van der Waals surface area contributed by atoms with E-state index < -0.39 is 10.8 Å². The van der Waals surface area contributed by atoms with Crippen molar-refractivity contribution < 1.29 is 14.5 Å². The minimum absolute atomic E-state index is 0.0111. The van der Waals surface area contributed by atoms with Gasteiger partial charge in [-0.3, -0.25) is 14.9 Å². The maximum Gasteiger partial charge on any atom is 0.277 e. The van der Waals surface area contributed by atoms with Crippen LogP contribution in [0, 0.1) is 17.0 Å². The van der Waals surface area contributed by atoms with Crippen molar-refractivity contribution in [2.24, 2.45) is 5.10 Å². The normalized spacial score (nSPS) is 11.1. The maximum atomic E-state index is 11.8. The van der Waals surface area contributed by atoms with Gasteiger partial charge in [-0.2, -0.15) is 5.10 Å². The largest absolute Gasteiger partial charge is 0.484 e. The number of rotatable bonds is 6. The summed E-state index contributed by atoms with van der Waals surface area (Å²) in [6.07, 6.45) is 0. The number of hydrazone groups is 1. The summed E-state index contributed by atoms with van der Waals surface area (Å²) in [6.45, 7) is 3.13. The van der Waals surface area contributed by atoms with E-state index >= 15 is 0 Å². The number of aryl methyl sites for hydroxylation is 1. The van der Waals surface area contributed by atoms with Gasteiger partial charge in [0.1, 0.15) is 5.75 Å². The van der Waals surface area contributed by atoms with Crippen LogP contribution < -0.4 is 10.2 Å². The first kappa shape index (κ1) is 18.6. The zero-order chi connectivity index (χ0) is 18.4. The Morgan fingerprint density at radius 1 is 1.28 bits per heavy atom. The second-order valence-corrected chi connectivity index (χ2v) is 6.15. The summed E-state index contributed by atoms with van der Waals surface area (Å²) < 4.78 is 6.25. The summed E-state index contributed by atoms with van der Waals surface area (Å²) in [7, 11) is 0. The van der Waals surface area contributed by atoms with Gasteiger partial charge in [0.25, 0.3) is 11.6 Å². The molecule has 8 heteroatoms. The van der Waals surface area contributed by atoms with Gasteiger partial charge in [-0.25, -0.2) is 5.43 Å². The highest BCUT2D eigenvalue weighted by atomic mass is 79.9. The first-order valence-electron chi connectivity index (χ1n) is 7.33. The Morgan fingerprint density at radius 2 is 1.96 bits per heavy atom. The molecule has 1 amide bonds. The van der Waals surface area contributed by atoms with E-state index in [9.17, 15) is 14.9 Å². The van der Waals surface area contributed by atoms with Gasteiger partial charge in [-0.1, -0.05) is 28.1 Å². The molecule has 2 aromatic rings. The molecule has 0 spiro atoms. The molecular weight excluding hydrogens is 390 g/mol. The van der Waals surface area contributed by atoms with Crippen molar-refractivity contribution in [3.63, 3.8) is 0 Å². The molecule has 7 nitrogen and oxygen atoms in total. The molecule has 0 unspecified atom stereocenters. The van der Waals surface area contributed by atoms with Gasteiger partial charge < -0.3 is 4.74 Å². The molecule has 25 heavy (non-hydrogen) atoms. The Morgan fingerprint density at radius 3 is 2.60 bits per heavy atom. The van der Waals surface area contributed by atoms with E-state index in [0.717, 1.165) is 4.47 Å². The van der Waals surface area contributed by atoms with Crippen molar-refractivity contribution in [2.45, 2.75) is 13.8 Å². The lowest BCUT2D eigenvalue weighted by molar-refractivity contribution is -0.385. The highest BCUT2D eigenvalue weighted by molar-refractivity contribution is 9.10. The number of halogens is 1. The van der Waals surface area contributed by atoms with Crippen molar-refractivity contribution in [1.82, 2.24) is 5.43 Å². The summed E-state index contributed by atoms with van der Waals surface area (Å²) in [5.41, 5.74) is 3.97. The number of nitro groups is 1. The Labute approximate surface area is 153 Å². The van der Waals surface area contributed by atoms with E-state index in [1.54, 1.807) is 50.2 Å². The summed E-state index contributed by atoms with van der Waals surface area (Å²) in [4.78, 5) is 22.3. The minimum Gasteiger partial charge on any atom is -0.484 e. The van der Waals surface area contributed by atoms with E-state index in [0.29, 0.717) is 22.6 Å². The molecule has 0 aliphatic heterocycles. The average Bonchev–Trinajstić information content (AvgIpc) is 2.59. The number of hydrogen-bond donors (Lipinski definition) is 1. The molecule has 0 radical (unpaired) electrons. The zero-order valence-electron chi connectivity index (χ0n) is 13.7. The van der Waals surface area contributed by atoms with Crippen LogP contribution in [0.1, 0.15) is 18.1 Å². The summed E-state index contributed by atoms with van der Waals surface area (Å²) in [6, 6.07) is 11.9. The second-order valence-electron chi connectivity index (χ2n) is 5.23. The predicted octanol–water partition coefficient (Wildman–Crippen LogP) is 3.58. The summed E-state index contributed by atoms with van der Waals surface area (Å²) in [5, 5.41) is 14.9. The van der Waals surface area contributed by atoms with Crippen LogP contribution in [0.4, 0.5) is 5.69 Å². The molecule has 0 saturated heterocycles. The molecule has 0 aliphatic carbocycles. The Kier molecular flexibility index (Phi) is 6.24. The van der Waals surface area contributed by atoms with E-state index in [-0.39, 0.29) is 12.3 Å². The van der Waals surface area contributed by atoms with Crippen LogP contribution in [-0.4, -0.2) is 23.1 Å². The molecule has 0 atom stereocenters. The number of carbonyl (C=O) groups excluding carboxylic acids is 1. The van der Waals surface area contributed by atoms with Crippen LogP contribution in [0.25, 0.3) is 0 Å². The third kappa shape index (κ3) is 5.39. The Bertz CT molecular complexity index is 819. The van der Waals surface area contributed by atoms with E-state index in [2.05, 4.69) is 26.5 Å². The molecule has 0 aromatic heterocycles. The van der Waals surface area contributed by atoms with E-state index in [1.165, 1.54) is 6.07 Å². The highest BCUT2D eigenvalue weighted by Gasteiger charge is 2.12. The molecule has 0 heterocycles. The standard InChI is InChI=1S/C17H16BrN3O4/c1-11-3-4-13(9-16(11)21(23)24)12(2)19-20-17(22)10-25-15-7-5-14(18)6-8-15/h3-9H,10H2,1-2H3,(H,20,22)/b19-12-. The molecule has 0 fully saturated rings. The molecule has 0 saturated carbocycles. The summed E-state index contributed by atoms with van der Waals surface area (Å²) in [5.74, 6) is 0.136. The van der Waals surface area contributed by atoms with Crippen LogP contribution >= 0.6 is 15.9 Å². The number of carbonyl (C=O) groups is 1. The number of hydrogen-bond acceptors (Lipinski definition) is 5. The number of nitrogens with one attached hydrogen (secondary N) is 1. The number of ether oxygens (including phenoxy) is 1. The molecular formula is C17H16BrN3O4. The van der Waals surface area contributed by atoms with Crippen LogP contribution in [0.5, 0.6) is 5.75 Å². The quantitative estimate of drug-likeness (QED) is 0.451. The van der Waals surface area contributed by atoms with Crippen molar-refractivity contribution in [1.29, 1.82) is 0 Å². The third-order valence-electron chi connectivity index (χ3n) is 3.36. The molecule has 2 aromatic carbocycles. The predicted molar refractivity (Wildman–Crippen MR) is 97.8 cm³/mol. The van der Waals surface area contributed by atoms with Gasteiger partial charge in [-0.15, -0.1) is 0 Å². The van der Waals surface area contributed by atoms with E-state index in [1.807, 2.05) is 0 Å². The summed E-state index contributed by atoms with van der Waals surface area (Å²) >= 11 is 3.31. The Hall–Kier alpha value is -2.74. The number of amides is 1. The lowest BCUT2D eigenvalue weighted by atomic mass is 10.1. The van der Waals surface area contributed by atoms with Gasteiger partial charge in [0.15, 0.2) is 6.61 Å². The Balaban J connectivity index is 1.96. The molecule has 130 valence electrons. The smallest absolute Gasteiger partial charge is 0.277 e. The van der Waals surface area contributed by atoms with Gasteiger partial charge in [-0.05, 0) is 38.1 Å². The average molecular weight is 406 g/mol. The number of benzene rings is 2. The zero-order valence-corrected chi connectivity index (χ0v) is 15.2. The van der Waals surface area contributed by atoms with Crippen LogP contribution in [0.3, 0.4) is 0 Å². The first-order chi connectivity index (χ1) is 11.9. The molecule has 0 bridgehead atoms. The lowest BCUT2D eigenvalue weighted by Gasteiger charge is -2.06. The van der Waals surface area contributed by atoms with Crippen molar-refractivity contribution in [3.8, 4) is 5.75 Å². The van der Waals surface area contributed by atoms with Crippen molar-refractivity contribution in [3.05, 3.63) is 68.2 Å².